The number of benzene rings is 2. The number of anilines is 2. The van der Waals surface area contributed by atoms with E-state index in [0.717, 1.165) is 31.6 Å². The van der Waals surface area contributed by atoms with Crippen LogP contribution >= 0.6 is 11.8 Å². The molecule has 2 N–H and O–H groups in total. The van der Waals surface area contributed by atoms with Crippen LogP contribution in [0.1, 0.15) is 35.4 Å². The maximum atomic E-state index is 12.7. The van der Waals surface area contributed by atoms with Crippen LogP contribution in [0.25, 0.3) is 0 Å². The summed E-state index contributed by atoms with van der Waals surface area (Å²) in [6.45, 7) is 1.58. The van der Waals surface area contributed by atoms with Gasteiger partial charge in [0.05, 0.1) is 11.3 Å². The van der Waals surface area contributed by atoms with Crippen molar-refractivity contribution in [2.24, 2.45) is 0 Å². The van der Waals surface area contributed by atoms with Gasteiger partial charge in [-0.1, -0.05) is 23.9 Å². The first kappa shape index (κ1) is 23.0. The SMILES string of the molecule is O=C(NCCCn1nc2n(c1=O)CCCC2)c1ccccc1Nc1ccc(SC(F)F)cc1. The highest BCUT2D eigenvalue weighted by Gasteiger charge is 2.16. The molecule has 4 rings (SSSR count). The Bertz CT molecular complexity index is 1160. The second kappa shape index (κ2) is 10.7. The first-order valence-electron chi connectivity index (χ1n) is 10.9. The van der Waals surface area contributed by atoms with Crippen LogP contribution in [0, 0.1) is 0 Å². The van der Waals surface area contributed by atoms with Crippen molar-refractivity contribution >= 4 is 29.0 Å². The van der Waals surface area contributed by atoms with Gasteiger partial charge in [0.1, 0.15) is 5.82 Å². The molecular formula is C23H25F2N5O2S. The van der Waals surface area contributed by atoms with Gasteiger partial charge in [-0.3, -0.25) is 9.36 Å². The minimum absolute atomic E-state index is 0.0801. The summed E-state index contributed by atoms with van der Waals surface area (Å²) in [6.07, 6.45) is 3.47. The number of rotatable bonds is 9. The fourth-order valence-corrected chi connectivity index (χ4v) is 4.28. The van der Waals surface area contributed by atoms with E-state index in [-0.39, 0.29) is 11.6 Å². The number of hydrogen-bond donors (Lipinski definition) is 2. The normalized spacial score (nSPS) is 13.1. The standard InChI is InChI=1S/C23H25F2N5O2S/c24-22(25)33-17-11-9-16(10-12-17)27-19-7-2-1-6-18(19)21(31)26-13-5-15-30-23(32)29-14-4-3-8-20(29)28-30/h1-2,6-7,9-12,22,27H,3-5,8,13-15H2,(H,26,31). The second-order valence-corrected chi connectivity index (χ2v) is 8.78. The van der Waals surface area contributed by atoms with Crippen molar-refractivity contribution in [3.63, 3.8) is 0 Å². The molecule has 0 aliphatic carbocycles. The van der Waals surface area contributed by atoms with E-state index in [1.54, 1.807) is 47.0 Å². The van der Waals surface area contributed by atoms with Gasteiger partial charge in [0.25, 0.3) is 11.7 Å². The fraction of sp³-hybridized carbons (Fsp3) is 0.348. The van der Waals surface area contributed by atoms with Crippen molar-refractivity contribution in [3.05, 3.63) is 70.4 Å². The molecule has 0 saturated carbocycles. The predicted octanol–water partition coefficient (Wildman–Crippen LogP) is 4.26. The number of nitrogens with one attached hydrogen (secondary N) is 2. The molecule has 10 heteroatoms. The monoisotopic (exact) mass is 473 g/mol. The van der Waals surface area contributed by atoms with Crippen LogP contribution in [0.15, 0.2) is 58.2 Å². The Morgan fingerprint density at radius 1 is 1.12 bits per heavy atom. The second-order valence-electron chi connectivity index (χ2n) is 7.71. The summed E-state index contributed by atoms with van der Waals surface area (Å²) in [5, 5.41) is 10.5. The Morgan fingerprint density at radius 3 is 2.67 bits per heavy atom. The van der Waals surface area contributed by atoms with Gasteiger partial charge in [0.2, 0.25) is 0 Å². The van der Waals surface area contributed by atoms with Crippen molar-refractivity contribution in [2.75, 3.05) is 11.9 Å². The molecule has 174 valence electrons. The maximum Gasteiger partial charge on any atom is 0.345 e. The highest BCUT2D eigenvalue weighted by atomic mass is 32.2. The number of nitrogens with zero attached hydrogens (tertiary/aromatic N) is 3. The van der Waals surface area contributed by atoms with Crippen molar-refractivity contribution in [2.45, 2.75) is 49.4 Å². The van der Waals surface area contributed by atoms with E-state index in [1.807, 2.05) is 6.07 Å². The Balaban J connectivity index is 1.32. The predicted molar refractivity (Wildman–Crippen MR) is 124 cm³/mol. The number of para-hydroxylation sites is 1. The summed E-state index contributed by atoms with van der Waals surface area (Å²) in [5.74, 6) is -1.86. The van der Waals surface area contributed by atoms with Gasteiger partial charge >= 0.3 is 5.69 Å². The molecule has 0 fully saturated rings. The van der Waals surface area contributed by atoms with Gasteiger partial charge in [-0.25, -0.2) is 9.48 Å². The molecule has 0 unspecified atom stereocenters. The quantitative estimate of drug-likeness (QED) is 0.359. The van der Waals surface area contributed by atoms with Gasteiger partial charge in [-0.2, -0.15) is 13.9 Å². The number of aryl methyl sites for hydroxylation is 2. The Morgan fingerprint density at radius 2 is 1.91 bits per heavy atom. The van der Waals surface area contributed by atoms with E-state index in [0.29, 0.717) is 53.1 Å². The zero-order chi connectivity index (χ0) is 23.2. The average Bonchev–Trinajstić information content (AvgIpc) is 3.13. The van der Waals surface area contributed by atoms with Gasteiger partial charge in [-0.05, 0) is 55.7 Å². The maximum absolute atomic E-state index is 12.7. The molecule has 1 aliphatic rings. The lowest BCUT2D eigenvalue weighted by molar-refractivity contribution is 0.0953. The van der Waals surface area contributed by atoms with Crippen molar-refractivity contribution in [1.29, 1.82) is 0 Å². The van der Waals surface area contributed by atoms with Crippen LogP contribution in [-0.4, -0.2) is 32.6 Å². The Labute approximate surface area is 194 Å². The van der Waals surface area contributed by atoms with E-state index in [2.05, 4.69) is 15.7 Å². The first-order chi connectivity index (χ1) is 16.0. The summed E-state index contributed by atoms with van der Waals surface area (Å²) >= 11 is 0.487. The zero-order valence-electron chi connectivity index (χ0n) is 18.0. The lowest BCUT2D eigenvalue weighted by atomic mass is 10.1. The van der Waals surface area contributed by atoms with Crippen LogP contribution in [0.4, 0.5) is 20.2 Å². The van der Waals surface area contributed by atoms with Crippen molar-refractivity contribution in [1.82, 2.24) is 19.7 Å². The minimum Gasteiger partial charge on any atom is -0.355 e. The summed E-state index contributed by atoms with van der Waals surface area (Å²) in [7, 11) is 0. The minimum atomic E-state index is -2.47. The van der Waals surface area contributed by atoms with Crippen molar-refractivity contribution in [3.8, 4) is 0 Å². The molecular weight excluding hydrogens is 448 g/mol. The summed E-state index contributed by atoms with van der Waals surface area (Å²) < 4.78 is 28.2. The van der Waals surface area contributed by atoms with Crippen LogP contribution in [0.5, 0.6) is 0 Å². The van der Waals surface area contributed by atoms with Gasteiger partial charge in [-0.15, -0.1) is 0 Å². The molecule has 2 heterocycles. The molecule has 0 spiro atoms. The number of fused-ring (bicyclic) bond motifs is 1. The number of thioether (sulfide) groups is 1. The van der Waals surface area contributed by atoms with Crippen molar-refractivity contribution < 1.29 is 13.6 Å². The molecule has 1 amide bonds. The topological polar surface area (TPSA) is 81.0 Å². The number of aromatic nitrogens is 3. The van der Waals surface area contributed by atoms with Crippen LogP contribution in [-0.2, 0) is 19.5 Å². The molecule has 0 saturated heterocycles. The zero-order valence-corrected chi connectivity index (χ0v) is 18.8. The first-order valence-corrected chi connectivity index (χ1v) is 11.7. The molecule has 0 atom stereocenters. The third-order valence-corrected chi connectivity index (χ3v) is 6.12. The molecule has 7 nitrogen and oxygen atoms in total. The van der Waals surface area contributed by atoms with Crippen LogP contribution in [0.2, 0.25) is 0 Å². The van der Waals surface area contributed by atoms with Crippen LogP contribution in [0.3, 0.4) is 0 Å². The molecule has 33 heavy (non-hydrogen) atoms. The lowest BCUT2D eigenvalue weighted by Crippen LogP contribution is -2.29. The van der Waals surface area contributed by atoms with Gasteiger partial charge in [0, 0.05) is 36.6 Å². The van der Waals surface area contributed by atoms with E-state index in [1.165, 1.54) is 4.68 Å². The summed E-state index contributed by atoms with van der Waals surface area (Å²) in [6, 6.07) is 13.7. The number of alkyl halides is 2. The van der Waals surface area contributed by atoms with E-state index in [4.69, 9.17) is 0 Å². The highest BCUT2D eigenvalue weighted by Crippen LogP contribution is 2.28. The third kappa shape index (κ3) is 5.81. The van der Waals surface area contributed by atoms with E-state index < -0.39 is 5.76 Å². The van der Waals surface area contributed by atoms with Crippen LogP contribution < -0.4 is 16.3 Å². The summed E-state index contributed by atoms with van der Waals surface area (Å²) in [5.41, 5.74) is 1.70. The Kier molecular flexibility index (Phi) is 7.43. The molecule has 1 aliphatic heterocycles. The lowest BCUT2D eigenvalue weighted by Gasteiger charge is -2.13. The molecule has 3 aromatic rings. The highest BCUT2D eigenvalue weighted by molar-refractivity contribution is 7.99. The largest absolute Gasteiger partial charge is 0.355 e. The van der Waals surface area contributed by atoms with E-state index >= 15 is 0 Å². The molecule has 1 aromatic heterocycles. The number of amides is 1. The number of hydrogen-bond acceptors (Lipinski definition) is 5. The number of carbonyl (C=O) groups is 1. The van der Waals surface area contributed by atoms with Gasteiger partial charge in [0.15, 0.2) is 0 Å². The fourth-order valence-electron chi connectivity index (χ4n) is 3.79. The molecule has 0 bridgehead atoms. The average molecular weight is 474 g/mol. The summed E-state index contributed by atoms with van der Waals surface area (Å²) in [4.78, 5) is 25.6. The number of carbonyl (C=O) groups excluding carboxylic acids is 1. The molecule has 2 aromatic carbocycles. The van der Waals surface area contributed by atoms with E-state index in [9.17, 15) is 18.4 Å². The third-order valence-electron chi connectivity index (χ3n) is 5.39. The number of halogens is 2. The van der Waals surface area contributed by atoms with Gasteiger partial charge < -0.3 is 10.6 Å². The Hall–Kier alpha value is -3.14. The molecule has 0 radical (unpaired) electrons. The smallest absolute Gasteiger partial charge is 0.345 e.